The van der Waals surface area contributed by atoms with Crippen molar-refractivity contribution in [3.8, 4) is 0 Å². The quantitative estimate of drug-likeness (QED) is 0.867. The van der Waals surface area contributed by atoms with E-state index in [0.29, 0.717) is 6.42 Å². The summed E-state index contributed by atoms with van der Waals surface area (Å²) in [5.41, 5.74) is 1.04. The molecule has 1 aliphatic rings. The van der Waals surface area contributed by atoms with Gasteiger partial charge < -0.3 is 10.4 Å². The van der Waals surface area contributed by atoms with Crippen LogP contribution in [-0.4, -0.2) is 37.7 Å². The molecule has 0 heterocycles. The van der Waals surface area contributed by atoms with Gasteiger partial charge in [0, 0.05) is 12.3 Å². The Labute approximate surface area is 121 Å². The molecule has 0 saturated heterocycles. The van der Waals surface area contributed by atoms with Crippen molar-refractivity contribution in [1.82, 2.24) is 5.32 Å². The lowest BCUT2D eigenvalue weighted by Crippen LogP contribution is -2.41. The van der Waals surface area contributed by atoms with Crippen molar-refractivity contribution in [2.24, 2.45) is 0 Å². The number of sulfone groups is 1. The SMILES string of the molecule is CS(=O)(=O)C1CCCC(NC(CO)c2ccccc2)C1. The van der Waals surface area contributed by atoms with Gasteiger partial charge in [0.05, 0.1) is 17.9 Å². The Hall–Kier alpha value is -0.910. The van der Waals surface area contributed by atoms with Crippen LogP contribution in [0.5, 0.6) is 0 Å². The normalized spacial score (nSPS) is 25.3. The zero-order valence-electron chi connectivity index (χ0n) is 11.8. The zero-order valence-corrected chi connectivity index (χ0v) is 12.6. The molecule has 5 heteroatoms. The average molecular weight is 297 g/mol. The highest BCUT2D eigenvalue weighted by atomic mass is 32.2. The molecular weight excluding hydrogens is 274 g/mol. The standard InChI is InChI=1S/C15H23NO3S/c1-20(18,19)14-9-5-8-13(10-14)16-15(11-17)12-6-3-2-4-7-12/h2-4,6-7,13-17H,5,8-11H2,1H3. The van der Waals surface area contributed by atoms with Crippen LogP contribution in [0.3, 0.4) is 0 Å². The van der Waals surface area contributed by atoms with Crippen LogP contribution in [0, 0.1) is 0 Å². The molecule has 1 fully saturated rings. The average Bonchev–Trinajstić information content (AvgIpc) is 2.45. The first-order valence-corrected chi connectivity index (χ1v) is 9.07. The Bertz CT molecular complexity index is 515. The maximum Gasteiger partial charge on any atom is 0.150 e. The van der Waals surface area contributed by atoms with Crippen molar-refractivity contribution in [2.45, 2.75) is 43.0 Å². The molecule has 3 atom stereocenters. The number of hydrogen-bond donors (Lipinski definition) is 2. The van der Waals surface area contributed by atoms with E-state index in [1.807, 2.05) is 30.3 Å². The molecule has 20 heavy (non-hydrogen) atoms. The summed E-state index contributed by atoms with van der Waals surface area (Å²) >= 11 is 0. The zero-order chi connectivity index (χ0) is 14.6. The van der Waals surface area contributed by atoms with E-state index >= 15 is 0 Å². The van der Waals surface area contributed by atoms with Gasteiger partial charge in [-0.1, -0.05) is 36.8 Å². The minimum Gasteiger partial charge on any atom is -0.394 e. The van der Waals surface area contributed by atoms with Crippen molar-refractivity contribution in [1.29, 1.82) is 0 Å². The number of rotatable bonds is 5. The fourth-order valence-corrected chi connectivity index (χ4v) is 4.09. The summed E-state index contributed by atoms with van der Waals surface area (Å²) < 4.78 is 23.4. The van der Waals surface area contributed by atoms with Gasteiger partial charge in [-0.2, -0.15) is 0 Å². The van der Waals surface area contributed by atoms with Gasteiger partial charge in [-0.3, -0.25) is 0 Å². The molecule has 0 aliphatic heterocycles. The van der Waals surface area contributed by atoms with Crippen LogP contribution >= 0.6 is 0 Å². The van der Waals surface area contributed by atoms with Crippen molar-refractivity contribution in [2.75, 3.05) is 12.9 Å². The van der Waals surface area contributed by atoms with E-state index < -0.39 is 9.84 Å². The summed E-state index contributed by atoms with van der Waals surface area (Å²) in [4.78, 5) is 0. The molecule has 0 aromatic heterocycles. The topological polar surface area (TPSA) is 66.4 Å². The van der Waals surface area contributed by atoms with Crippen molar-refractivity contribution >= 4 is 9.84 Å². The summed E-state index contributed by atoms with van der Waals surface area (Å²) in [5.74, 6) is 0. The molecule has 1 aliphatic carbocycles. The van der Waals surface area contributed by atoms with E-state index in [1.165, 1.54) is 6.26 Å². The van der Waals surface area contributed by atoms with Crippen LogP contribution in [0.25, 0.3) is 0 Å². The second-order valence-electron chi connectivity index (χ2n) is 5.63. The Balaban J connectivity index is 2.01. The molecule has 0 radical (unpaired) electrons. The minimum atomic E-state index is -2.97. The van der Waals surface area contributed by atoms with Crippen LogP contribution < -0.4 is 5.32 Å². The first-order chi connectivity index (χ1) is 9.50. The molecule has 1 aromatic carbocycles. The highest BCUT2D eigenvalue weighted by Gasteiger charge is 2.29. The summed E-state index contributed by atoms with van der Waals surface area (Å²) in [6, 6.07) is 9.81. The summed E-state index contributed by atoms with van der Waals surface area (Å²) in [6.07, 6.45) is 4.60. The monoisotopic (exact) mass is 297 g/mol. The van der Waals surface area contributed by atoms with Gasteiger partial charge in [0.1, 0.15) is 9.84 Å². The highest BCUT2D eigenvalue weighted by molar-refractivity contribution is 7.91. The minimum absolute atomic E-state index is 0.0179. The highest BCUT2D eigenvalue weighted by Crippen LogP contribution is 2.26. The van der Waals surface area contributed by atoms with E-state index in [0.717, 1.165) is 24.8 Å². The molecule has 112 valence electrons. The third kappa shape index (κ3) is 4.04. The van der Waals surface area contributed by atoms with E-state index in [9.17, 15) is 13.5 Å². The van der Waals surface area contributed by atoms with Gasteiger partial charge in [0.15, 0.2) is 0 Å². The maximum atomic E-state index is 11.7. The molecule has 3 unspecified atom stereocenters. The van der Waals surface area contributed by atoms with Crippen LogP contribution in [-0.2, 0) is 9.84 Å². The first kappa shape index (κ1) is 15.5. The molecule has 1 aromatic rings. The third-order valence-corrected chi connectivity index (χ3v) is 5.69. The molecule has 0 bridgehead atoms. The maximum absolute atomic E-state index is 11.7. The first-order valence-electron chi connectivity index (χ1n) is 7.11. The predicted octanol–water partition coefficient (Wildman–Crippen LogP) is 1.67. The van der Waals surface area contributed by atoms with Crippen molar-refractivity contribution in [3.05, 3.63) is 35.9 Å². The van der Waals surface area contributed by atoms with E-state index in [2.05, 4.69) is 5.32 Å². The van der Waals surface area contributed by atoms with Crippen LogP contribution in [0.4, 0.5) is 0 Å². The Morgan fingerprint density at radius 2 is 2.00 bits per heavy atom. The van der Waals surface area contributed by atoms with Crippen molar-refractivity contribution < 1.29 is 13.5 Å². The second-order valence-corrected chi connectivity index (χ2v) is 7.95. The van der Waals surface area contributed by atoms with Gasteiger partial charge in [0.25, 0.3) is 0 Å². The van der Waals surface area contributed by atoms with Crippen LogP contribution in [0.1, 0.15) is 37.3 Å². The number of aliphatic hydroxyl groups is 1. The van der Waals surface area contributed by atoms with Crippen molar-refractivity contribution in [3.63, 3.8) is 0 Å². The van der Waals surface area contributed by atoms with E-state index in [1.54, 1.807) is 0 Å². The second kappa shape index (κ2) is 6.70. The van der Waals surface area contributed by atoms with Gasteiger partial charge in [-0.15, -0.1) is 0 Å². The predicted molar refractivity (Wildman–Crippen MR) is 80.3 cm³/mol. The number of hydrogen-bond acceptors (Lipinski definition) is 4. The van der Waals surface area contributed by atoms with Gasteiger partial charge in [-0.05, 0) is 24.8 Å². The molecule has 1 saturated carbocycles. The summed E-state index contributed by atoms with van der Waals surface area (Å²) in [5, 5.41) is 12.7. The molecule has 0 spiro atoms. The molecule has 2 N–H and O–H groups in total. The summed E-state index contributed by atoms with van der Waals surface area (Å²) in [6.45, 7) is 0.0179. The number of benzene rings is 1. The largest absolute Gasteiger partial charge is 0.394 e. The summed E-state index contributed by atoms with van der Waals surface area (Å²) in [7, 11) is -2.97. The van der Waals surface area contributed by atoms with Crippen LogP contribution in [0.15, 0.2) is 30.3 Å². The molecule has 4 nitrogen and oxygen atoms in total. The van der Waals surface area contributed by atoms with E-state index in [4.69, 9.17) is 0 Å². The molecule has 2 rings (SSSR count). The van der Waals surface area contributed by atoms with E-state index in [-0.39, 0.29) is 23.9 Å². The van der Waals surface area contributed by atoms with Gasteiger partial charge in [0.2, 0.25) is 0 Å². The lowest BCUT2D eigenvalue weighted by Gasteiger charge is -2.31. The Morgan fingerprint density at radius 1 is 1.30 bits per heavy atom. The fraction of sp³-hybridized carbons (Fsp3) is 0.600. The fourth-order valence-electron chi connectivity index (χ4n) is 2.91. The van der Waals surface area contributed by atoms with Gasteiger partial charge >= 0.3 is 0 Å². The number of aliphatic hydroxyl groups excluding tert-OH is 1. The lowest BCUT2D eigenvalue weighted by molar-refractivity contribution is 0.220. The van der Waals surface area contributed by atoms with Crippen LogP contribution in [0.2, 0.25) is 0 Å². The Kier molecular flexibility index (Phi) is 5.18. The molecular formula is C15H23NO3S. The number of nitrogens with one attached hydrogen (secondary N) is 1. The Morgan fingerprint density at radius 3 is 2.60 bits per heavy atom. The molecule has 0 amide bonds. The third-order valence-electron chi connectivity index (χ3n) is 4.05. The smallest absolute Gasteiger partial charge is 0.150 e. The van der Waals surface area contributed by atoms with Gasteiger partial charge in [-0.25, -0.2) is 8.42 Å². The lowest BCUT2D eigenvalue weighted by atomic mass is 9.93.